The topological polar surface area (TPSA) is 63.6 Å². The molecule has 0 fully saturated rings. The van der Waals surface area contributed by atoms with E-state index >= 15 is 0 Å². The summed E-state index contributed by atoms with van der Waals surface area (Å²) < 4.78 is 95.6. The van der Waals surface area contributed by atoms with Gasteiger partial charge in [0.15, 0.2) is 15.6 Å². The van der Waals surface area contributed by atoms with E-state index < -0.39 is 63.1 Å². The van der Waals surface area contributed by atoms with Crippen LogP contribution in [0, 0.1) is 29.1 Å². The van der Waals surface area contributed by atoms with Gasteiger partial charge in [0, 0.05) is 0 Å². The summed E-state index contributed by atoms with van der Waals surface area (Å²) in [6, 6.07) is 5.94. The lowest BCUT2D eigenvalue weighted by Crippen LogP contribution is -2.28. The summed E-state index contributed by atoms with van der Waals surface area (Å²) in [4.78, 5) is -0.0965. The highest BCUT2D eigenvalue weighted by Gasteiger charge is 2.28. The fourth-order valence-electron chi connectivity index (χ4n) is 2.45. The molecule has 0 amide bonds. The second-order valence-electron chi connectivity index (χ2n) is 7.42. The predicted molar refractivity (Wildman–Crippen MR) is 94.9 cm³/mol. The number of aliphatic hydroxyl groups is 1. The Labute approximate surface area is 164 Å². The molecule has 1 unspecified atom stereocenters. The highest BCUT2D eigenvalue weighted by atomic mass is 32.2. The Morgan fingerprint density at radius 1 is 0.897 bits per heavy atom. The summed E-state index contributed by atoms with van der Waals surface area (Å²) >= 11 is 0. The Bertz CT molecular complexity index is 970. The van der Waals surface area contributed by atoms with Gasteiger partial charge in [-0.3, -0.25) is 0 Å². The van der Waals surface area contributed by atoms with Gasteiger partial charge >= 0.3 is 0 Å². The Hall–Kier alpha value is -2.20. The molecule has 160 valence electrons. The first-order valence-electron chi connectivity index (χ1n) is 8.41. The summed E-state index contributed by atoms with van der Waals surface area (Å²) in [7, 11) is -4.00. The van der Waals surface area contributed by atoms with E-state index in [1.54, 1.807) is 12.1 Å². The van der Waals surface area contributed by atoms with Crippen LogP contribution in [0.5, 0.6) is 5.75 Å². The van der Waals surface area contributed by atoms with Gasteiger partial charge in [-0.25, -0.2) is 21.6 Å². The van der Waals surface area contributed by atoms with Gasteiger partial charge in [-0.15, -0.1) is 0 Å². The third-order valence-corrected chi connectivity index (χ3v) is 5.89. The van der Waals surface area contributed by atoms with Crippen LogP contribution in [-0.2, 0) is 15.3 Å². The van der Waals surface area contributed by atoms with E-state index in [0.29, 0.717) is 0 Å². The van der Waals surface area contributed by atoms with Crippen LogP contribution < -0.4 is 4.74 Å². The number of halogens is 5. The van der Waals surface area contributed by atoms with Crippen LogP contribution in [-0.4, -0.2) is 32.0 Å². The van der Waals surface area contributed by atoms with Crippen LogP contribution in [0.3, 0.4) is 0 Å². The van der Waals surface area contributed by atoms with Crippen molar-refractivity contribution in [3.05, 3.63) is 58.9 Å². The minimum absolute atomic E-state index is 0.0965. The van der Waals surface area contributed by atoms with Crippen molar-refractivity contribution in [3.8, 4) is 5.75 Å². The lowest BCUT2D eigenvalue weighted by Gasteiger charge is -2.19. The van der Waals surface area contributed by atoms with E-state index in [9.17, 15) is 35.5 Å². The zero-order chi connectivity index (χ0) is 22.1. The quantitative estimate of drug-likeness (QED) is 0.422. The van der Waals surface area contributed by atoms with Crippen LogP contribution in [0.25, 0.3) is 0 Å². The van der Waals surface area contributed by atoms with Crippen molar-refractivity contribution in [2.24, 2.45) is 0 Å². The third-order valence-electron chi connectivity index (χ3n) is 4.08. The molecular weight excluding hydrogens is 419 g/mol. The van der Waals surface area contributed by atoms with Crippen LogP contribution in [0.15, 0.2) is 29.2 Å². The first-order valence-corrected chi connectivity index (χ1v) is 10.1. The lowest BCUT2D eigenvalue weighted by atomic mass is 9.87. The number of rotatable bonds is 6. The molecule has 0 spiro atoms. The molecule has 1 N–H and O–H groups in total. The van der Waals surface area contributed by atoms with Gasteiger partial charge in [0.2, 0.25) is 29.1 Å². The normalized spacial score (nSPS) is 13.4. The van der Waals surface area contributed by atoms with E-state index in [2.05, 4.69) is 4.74 Å². The van der Waals surface area contributed by atoms with Crippen LogP contribution in [0.2, 0.25) is 0 Å². The maximum atomic E-state index is 13.5. The minimum atomic E-state index is -4.00. The number of benzene rings is 2. The van der Waals surface area contributed by atoms with Crippen molar-refractivity contribution >= 4 is 9.84 Å². The van der Waals surface area contributed by atoms with E-state index in [1.807, 2.05) is 20.8 Å². The summed E-state index contributed by atoms with van der Waals surface area (Å²) in [5.74, 6) is -13.7. The number of hydrogen-bond acceptors (Lipinski definition) is 4. The molecule has 1 atom stereocenters. The second-order valence-corrected chi connectivity index (χ2v) is 9.45. The third kappa shape index (κ3) is 5.05. The predicted octanol–water partition coefficient (Wildman–Crippen LogP) is 3.89. The van der Waals surface area contributed by atoms with E-state index in [1.165, 1.54) is 12.1 Å². The van der Waals surface area contributed by atoms with Gasteiger partial charge in [-0.2, -0.15) is 8.78 Å². The number of sulfone groups is 1. The molecule has 0 saturated carbocycles. The van der Waals surface area contributed by atoms with Gasteiger partial charge in [-0.05, 0) is 23.1 Å². The van der Waals surface area contributed by atoms with Crippen molar-refractivity contribution in [2.45, 2.75) is 37.2 Å². The summed E-state index contributed by atoms with van der Waals surface area (Å²) in [5.41, 5.74) is 0.676. The maximum Gasteiger partial charge on any atom is 0.206 e. The zero-order valence-electron chi connectivity index (χ0n) is 15.8. The largest absolute Gasteiger partial charge is 0.485 e. The molecule has 2 aromatic carbocycles. The smallest absolute Gasteiger partial charge is 0.206 e. The fraction of sp³-hybridized carbons (Fsp3) is 0.368. The minimum Gasteiger partial charge on any atom is -0.485 e. The van der Waals surface area contributed by atoms with Gasteiger partial charge in [0.25, 0.3) is 0 Å². The van der Waals surface area contributed by atoms with E-state index in [4.69, 9.17) is 0 Å². The molecule has 0 aromatic heterocycles. The molecule has 0 bridgehead atoms. The van der Waals surface area contributed by atoms with Gasteiger partial charge in [0.1, 0.15) is 12.7 Å². The molecule has 0 aliphatic carbocycles. The first-order chi connectivity index (χ1) is 13.3. The molecule has 29 heavy (non-hydrogen) atoms. The monoisotopic (exact) mass is 438 g/mol. The van der Waals surface area contributed by atoms with Crippen molar-refractivity contribution < 1.29 is 40.2 Å². The maximum absolute atomic E-state index is 13.5. The molecule has 4 nitrogen and oxygen atoms in total. The fourth-order valence-corrected chi connectivity index (χ4v) is 3.80. The van der Waals surface area contributed by atoms with Crippen LogP contribution in [0.1, 0.15) is 26.3 Å². The molecule has 0 heterocycles. The molecule has 0 aliphatic heterocycles. The Morgan fingerprint density at radius 3 is 1.79 bits per heavy atom. The first kappa shape index (κ1) is 23.1. The van der Waals surface area contributed by atoms with Crippen molar-refractivity contribution in [2.75, 3.05) is 12.4 Å². The lowest BCUT2D eigenvalue weighted by molar-refractivity contribution is 0.117. The van der Waals surface area contributed by atoms with Gasteiger partial charge in [-0.1, -0.05) is 32.9 Å². The highest BCUT2D eigenvalue weighted by Crippen LogP contribution is 2.29. The molecule has 0 saturated heterocycles. The summed E-state index contributed by atoms with van der Waals surface area (Å²) in [6.07, 6.45) is -1.78. The van der Waals surface area contributed by atoms with Crippen molar-refractivity contribution in [1.82, 2.24) is 0 Å². The van der Waals surface area contributed by atoms with Gasteiger partial charge in [0.05, 0.1) is 10.6 Å². The average Bonchev–Trinajstić information content (AvgIpc) is 2.64. The molecule has 2 rings (SSSR count). The standard InChI is InChI=1S/C19H19F5O4S/c1-19(2,3)10-4-6-12(7-5-10)29(26,27)9-11(25)8-28-18-16(23)14(21)13(20)15(22)17(18)24/h4-7,11,25H,8-9H2,1-3H3. The van der Waals surface area contributed by atoms with Crippen LogP contribution in [0.4, 0.5) is 22.0 Å². The summed E-state index contributed by atoms with van der Waals surface area (Å²) in [6.45, 7) is 4.82. The van der Waals surface area contributed by atoms with E-state index in [0.717, 1.165) is 5.56 Å². The van der Waals surface area contributed by atoms with Gasteiger partial charge < -0.3 is 9.84 Å². The number of hydrogen-bond donors (Lipinski definition) is 1. The molecular formula is C19H19F5O4S. The molecule has 2 aromatic rings. The van der Waals surface area contributed by atoms with Crippen molar-refractivity contribution in [1.29, 1.82) is 0 Å². The average molecular weight is 438 g/mol. The molecule has 0 radical (unpaired) electrons. The Balaban J connectivity index is 2.12. The highest BCUT2D eigenvalue weighted by molar-refractivity contribution is 7.91. The van der Waals surface area contributed by atoms with E-state index in [-0.39, 0.29) is 10.3 Å². The van der Waals surface area contributed by atoms with Crippen LogP contribution >= 0.6 is 0 Å². The Morgan fingerprint density at radius 2 is 1.34 bits per heavy atom. The Kier molecular flexibility index (Phi) is 6.58. The number of ether oxygens (including phenoxy) is 1. The zero-order valence-corrected chi connectivity index (χ0v) is 16.6. The van der Waals surface area contributed by atoms with Crippen molar-refractivity contribution in [3.63, 3.8) is 0 Å². The summed E-state index contributed by atoms with van der Waals surface area (Å²) in [5, 5.41) is 9.86. The SMILES string of the molecule is CC(C)(C)c1ccc(S(=O)(=O)CC(O)COc2c(F)c(F)c(F)c(F)c2F)cc1. The second kappa shape index (κ2) is 8.27. The number of aliphatic hydroxyl groups excluding tert-OH is 1. The molecule has 10 heteroatoms. The molecule has 0 aliphatic rings.